The molecule has 2 aromatic rings. The Morgan fingerprint density at radius 1 is 1.24 bits per heavy atom. The number of carbonyl (C=O) groups is 3. The topological polar surface area (TPSA) is 104 Å². The van der Waals surface area contributed by atoms with Crippen LogP contribution in [0.4, 0.5) is 18.3 Å². The van der Waals surface area contributed by atoms with Crippen LogP contribution in [0.2, 0.25) is 0 Å². The number of ether oxygens (including phenoxy) is 1. The van der Waals surface area contributed by atoms with Gasteiger partial charge >= 0.3 is 6.36 Å². The van der Waals surface area contributed by atoms with E-state index < -0.39 is 24.3 Å². The normalized spacial score (nSPS) is 15.9. The maximum Gasteiger partial charge on any atom is 0.573 e. The van der Waals surface area contributed by atoms with Gasteiger partial charge in [-0.3, -0.25) is 24.6 Å². The number of likely N-dealkylation sites (tertiary alicyclic amines) is 1. The zero-order valence-electron chi connectivity index (χ0n) is 18.2. The predicted molar refractivity (Wildman–Crippen MR) is 116 cm³/mol. The Labute approximate surface area is 191 Å². The molecule has 1 aromatic heterocycles. The number of halogens is 3. The van der Waals surface area contributed by atoms with Crippen molar-refractivity contribution in [2.45, 2.75) is 45.3 Å². The molecule has 1 aromatic carbocycles. The number of piperidine rings is 1. The first-order chi connectivity index (χ1) is 15.4. The predicted octanol–water partition coefficient (Wildman–Crippen LogP) is 2.22. The van der Waals surface area contributed by atoms with E-state index in [1.165, 1.54) is 37.9 Å². The Hall–Kier alpha value is -2.93. The van der Waals surface area contributed by atoms with E-state index in [4.69, 9.17) is 0 Å². The summed E-state index contributed by atoms with van der Waals surface area (Å²) in [5.41, 5.74) is 0.407. The van der Waals surface area contributed by atoms with Crippen molar-refractivity contribution in [1.82, 2.24) is 20.5 Å². The zero-order chi connectivity index (χ0) is 24.3. The molecule has 0 saturated carbocycles. The van der Waals surface area contributed by atoms with Crippen LogP contribution in [0.3, 0.4) is 0 Å². The number of alkyl halides is 3. The summed E-state index contributed by atoms with van der Waals surface area (Å²) in [4.78, 5) is 43.6. The van der Waals surface area contributed by atoms with Gasteiger partial charge in [-0.05, 0) is 25.0 Å². The number of fused-ring (bicyclic) bond motifs is 1. The van der Waals surface area contributed by atoms with Gasteiger partial charge in [-0.15, -0.1) is 13.2 Å². The van der Waals surface area contributed by atoms with Crippen molar-refractivity contribution in [1.29, 1.82) is 0 Å². The van der Waals surface area contributed by atoms with Crippen molar-refractivity contribution >= 4 is 44.4 Å². The highest BCUT2D eigenvalue weighted by molar-refractivity contribution is 7.22. The number of likely N-dealkylation sites (N-methyl/N-ethyl adjacent to an activating group) is 1. The first-order valence-corrected chi connectivity index (χ1v) is 11.0. The van der Waals surface area contributed by atoms with E-state index in [-0.39, 0.29) is 22.8 Å². The van der Waals surface area contributed by atoms with Gasteiger partial charge in [-0.2, -0.15) is 0 Å². The average Bonchev–Trinajstić information content (AvgIpc) is 3.14. The smallest absolute Gasteiger partial charge is 0.406 e. The van der Waals surface area contributed by atoms with E-state index in [1.54, 1.807) is 4.90 Å². The van der Waals surface area contributed by atoms with E-state index in [2.05, 4.69) is 20.4 Å². The zero-order valence-corrected chi connectivity index (χ0v) is 19.0. The summed E-state index contributed by atoms with van der Waals surface area (Å²) in [6.45, 7) is 3.89. The van der Waals surface area contributed by atoms with Crippen LogP contribution in [0.1, 0.15) is 26.7 Å². The Kier molecular flexibility index (Phi) is 7.42. The number of nitrogens with zero attached hydrogens (tertiary/aromatic N) is 3. The van der Waals surface area contributed by atoms with Crippen molar-refractivity contribution in [3.8, 4) is 5.75 Å². The lowest BCUT2D eigenvalue weighted by Gasteiger charge is -2.34. The molecule has 1 aliphatic heterocycles. The monoisotopic (exact) mass is 487 g/mol. The third kappa shape index (κ3) is 6.54. The van der Waals surface area contributed by atoms with Gasteiger partial charge in [-0.25, -0.2) is 4.98 Å². The summed E-state index contributed by atoms with van der Waals surface area (Å²) < 4.78 is 41.8. The van der Waals surface area contributed by atoms with Crippen LogP contribution in [0, 0.1) is 0 Å². The highest BCUT2D eigenvalue weighted by Gasteiger charge is 2.32. The van der Waals surface area contributed by atoms with Crippen LogP contribution in [-0.2, 0) is 14.4 Å². The third-order valence-corrected chi connectivity index (χ3v) is 6.23. The lowest BCUT2D eigenvalue weighted by atomic mass is 10.0. The largest absolute Gasteiger partial charge is 0.573 e. The summed E-state index contributed by atoms with van der Waals surface area (Å²) in [6, 6.07) is 3.64. The van der Waals surface area contributed by atoms with Gasteiger partial charge in [0.15, 0.2) is 11.3 Å². The lowest BCUT2D eigenvalue weighted by molar-refractivity contribution is -0.274. The standard InChI is InChI=1S/C20H24F3N5O4S/c1-11(29)24-17(25-13-6-8-28(9-7-13)12(2)30)18(31)27(3)19-26-15-5-4-14(10-16(15)33-19)32-20(21,22)23/h4-5,10,13,17,25H,6-9H2,1-3H3,(H,24,29). The number of anilines is 1. The van der Waals surface area contributed by atoms with Gasteiger partial charge in [0.05, 0.1) is 10.2 Å². The molecule has 1 aliphatic rings. The summed E-state index contributed by atoms with van der Waals surface area (Å²) >= 11 is 1.02. The van der Waals surface area contributed by atoms with Gasteiger partial charge in [0, 0.05) is 46.1 Å². The van der Waals surface area contributed by atoms with Crippen molar-refractivity contribution in [2.24, 2.45) is 0 Å². The van der Waals surface area contributed by atoms with Crippen LogP contribution in [-0.4, -0.2) is 66.3 Å². The minimum Gasteiger partial charge on any atom is -0.406 e. The summed E-state index contributed by atoms with van der Waals surface area (Å²) in [5.74, 6) is -1.28. The van der Waals surface area contributed by atoms with Gasteiger partial charge in [-0.1, -0.05) is 11.3 Å². The molecule has 0 bridgehead atoms. The van der Waals surface area contributed by atoms with Crippen molar-refractivity contribution in [2.75, 3.05) is 25.0 Å². The first kappa shape index (κ1) is 24.7. The molecule has 0 spiro atoms. The fourth-order valence-corrected chi connectivity index (χ4v) is 4.46. The quantitative estimate of drug-likeness (QED) is 0.606. The van der Waals surface area contributed by atoms with Gasteiger partial charge < -0.3 is 15.0 Å². The molecule has 13 heteroatoms. The average molecular weight is 488 g/mol. The molecular weight excluding hydrogens is 463 g/mol. The molecule has 3 amide bonds. The molecule has 1 saturated heterocycles. The van der Waals surface area contributed by atoms with Crippen LogP contribution in [0.5, 0.6) is 5.75 Å². The van der Waals surface area contributed by atoms with E-state index in [9.17, 15) is 27.6 Å². The van der Waals surface area contributed by atoms with E-state index >= 15 is 0 Å². The van der Waals surface area contributed by atoms with Crippen LogP contribution >= 0.6 is 11.3 Å². The number of aromatic nitrogens is 1. The highest BCUT2D eigenvalue weighted by Crippen LogP contribution is 2.33. The fraction of sp³-hybridized carbons (Fsp3) is 0.500. The number of carbonyl (C=O) groups excluding carboxylic acids is 3. The second kappa shape index (κ2) is 9.91. The number of benzene rings is 1. The molecule has 0 radical (unpaired) electrons. The van der Waals surface area contributed by atoms with E-state index in [1.807, 2.05) is 0 Å². The maximum atomic E-state index is 13.1. The van der Waals surface area contributed by atoms with Gasteiger partial charge in [0.25, 0.3) is 5.91 Å². The Balaban J connectivity index is 1.73. The number of thiazole rings is 1. The van der Waals surface area contributed by atoms with Crippen molar-refractivity contribution in [3.63, 3.8) is 0 Å². The SMILES string of the molecule is CC(=O)NC(NC1CCN(C(C)=O)CC1)C(=O)N(C)c1nc2ccc(OC(F)(F)F)cc2s1. The van der Waals surface area contributed by atoms with Crippen LogP contribution < -0.4 is 20.3 Å². The molecular formula is C20H24F3N5O4S. The number of hydrogen-bond acceptors (Lipinski definition) is 7. The van der Waals surface area contributed by atoms with Crippen molar-refractivity contribution in [3.05, 3.63) is 18.2 Å². The van der Waals surface area contributed by atoms with E-state index in [0.717, 1.165) is 17.4 Å². The lowest BCUT2D eigenvalue weighted by Crippen LogP contribution is -2.59. The molecule has 1 unspecified atom stereocenters. The number of rotatable bonds is 6. The molecule has 180 valence electrons. The number of amides is 3. The minimum absolute atomic E-state index is 0.0118. The summed E-state index contributed by atoms with van der Waals surface area (Å²) in [7, 11) is 1.47. The Morgan fingerprint density at radius 3 is 2.48 bits per heavy atom. The summed E-state index contributed by atoms with van der Waals surface area (Å²) in [5, 5.41) is 5.98. The minimum atomic E-state index is -4.81. The molecule has 33 heavy (non-hydrogen) atoms. The van der Waals surface area contributed by atoms with Crippen molar-refractivity contribution < 1.29 is 32.3 Å². The molecule has 0 aliphatic carbocycles. The van der Waals surface area contributed by atoms with Crippen LogP contribution in [0.15, 0.2) is 18.2 Å². The highest BCUT2D eigenvalue weighted by atomic mass is 32.1. The fourth-order valence-electron chi connectivity index (χ4n) is 3.50. The molecule has 2 heterocycles. The second-order valence-electron chi connectivity index (χ2n) is 7.65. The number of hydrogen-bond donors (Lipinski definition) is 2. The maximum absolute atomic E-state index is 13.1. The molecule has 3 rings (SSSR count). The Bertz CT molecular complexity index is 1040. The number of nitrogens with one attached hydrogen (secondary N) is 2. The molecule has 9 nitrogen and oxygen atoms in total. The molecule has 2 N–H and O–H groups in total. The van der Waals surface area contributed by atoms with Gasteiger partial charge in [0.1, 0.15) is 5.75 Å². The third-order valence-electron chi connectivity index (χ3n) is 5.14. The summed E-state index contributed by atoms with van der Waals surface area (Å²) in [6.07, 6.45) is -4.60. The Morgan fingerprint density at radius 2 is 1.91 bits per heavy atom. The molecule has 1 fully saturated rings. The second-order valence-corrected chi connectivity index (χ2v) is 8.66. The van der Waals surface area contributed by atoms with Gasteiger partial charge in [0.2, 0.25) is 11.8 Å². The van der Waals surface area contributed by atoms with E-state index in [0.29, 0.717) is 36.1 Å². The van der Waals surface area contributed by atoms with Crippen LogP contribution in [0.25, 0.3) is 10.2 Å². The first-order valence-electron chi connectivity index (χ1n) is 10.2. The molecule has 1 atom stereocenters.